The lowest BCUT2D eigenvalue weighted by atomic mass is 9.66. The van der Waals surface area contributed by atoms with Crippen molar-refractivity contribution in [1.29, 1.82) is 0 Å². The van der Waals surface area contributed by atoms with Crippen LogP contribution >= 0.6 is 23.4 Å². The van der Waals surface area contributed by atoms with Crippen molar-refractivity contribution >= 4 is 52.5 Å². The zero-order valence-electron chi connectivity index (χ0n) is 25.4. The molecule has 2 aromatic rings. The van der Waals surface area contributed by atoms with Crippen LogP contribution in [0.5, 0.6) is 5.75 Å². The van der Waals surface area contributed by atoms with Crippen LogP contribution in [0.15, 0.2) is 73.8 Å². The highest BCUT2D eigenvalue weighted by atomic mass is 35.5. The number of ether oxygens (including phenoxy) is 1. The Bertz CT molecular complexity index is 1440. The van der Waals surface area contributed by atoms with E-state index in [1.165, 1.54) is 0 Å². The summed E-state index contributed by atoms with van der Waals surface area (Å²) in [5.74, 6) is -1.40. The van der Waals surface area contributed by atoms with E-state index in [-0.39, 0.29) is 37.4 Å². The standard InChI is InChI=1S/C34H40ClN3O5S/c1-6-19-36(25-13-15-26(16-14-25)43-8-3)30(40)27-28-31(41)38(22(4)21-39)29(34(28)18-17-33(27,5)44-34)32(42)37(20-7-2)24-11-9-23(35)10-12-24/h6-7,9-16,22,27-29,39H,1-2,8,17-21H2,3-5H3/t22-,27-,28+,29?,33+,34?/m1/s1. The lowest BCUT2D eigenvalue weighted by Crippen LogP contribution is -2.57. The summed E-state index contributed by atoms with van der Waals surface area (Å²) >= 11 is 7.75. The fourth-order valence-corrected chi connectivity index (χ4v) is 9.77. The highest BCUT2D eigenvalue weighted by Gasteiger charge is 2.78. The van der Waals surface area contributed by atoms with Crippen molar-refractivity contribution in [2.75, 3.05) is 36.1 Å². The van der Waals surface area contributed by atoms with Crippen LogP contribution in [0.25, 0.3) is 0 Å². The number of aliphatic hydroxyl groups excluding tert-OH is 1. The van der Waals surface area contributed by atoms with E-state index in [1.807, 2.05) is 38.1 Å². The van der Waals surface area contributed by atoms with E-state index >= 15 is 0 Å². The summed E-state index contributed by atoms with van der Waals surface area (Å²) in [5, 5.41) is 10.8. The number of amides is 3. The highest BCUT2D eigenvalue weighted by Crippen LogP contribution is 2.72. The summed E-state index contributed by atoms with van der Waals surface area (Å²) < 4.78 is 4.20. The quantitative estimate of drug-likeness (QED) is 0.316. The molecule has 8 nitrogen and oxygen atoms in total. The first-order chi connectivity index (χ1) is 21.1. The Balaban J connectivity index is 1.57. The Morgan fingerprint density at radius 3 is 2.18 bits per heavy atom. The molecule has 3 aliphatic rings. The highest BCUT2D eigenvalue weighted by molar-refractivity contribution is 8.02. The second kappa shape index (κ2) is 12.6. The Morgan fingerprint density at radius 2 is 1.64 bits per heavy atom. The lowest BCUT2D eigenvalue weighted by molar-refractivity contribution is -0.142. The summed E-state index contributed by atoms with van der Waals surface area (Å²) in [4.78, 5) is 48.7. The van der Waals surface area contributed by atoms with Gasteiger partial charge in [-0.05, 0) is 82.1 Å². The molecule has 5 rings (SSSR count). The van der Waals surface area contributed by atoms with Crippen molar-refractivity contribution in [2.24, 2.45) is 11.8 Å². The predicted octanol–water partition coefficient (Wildman–Crippen LogP) is 5.34. The summed E-state index contributed by atoms with van der Waals surface area (Å²) in [5.41, 5.74) is 1.31. The monoisotopic (exact) mass is 637 g/mol. The summed E-state index contributed by atoms with van der Waals surface area (Å²) in [7, 11) is 0. The van der Waals surface area contributed by atoms with E-state index in [1.54, 1.807) is 69.8 Å². The van der Waals surface area contributed by atoms with E-state index in [2.05, 4.69) is 13.2 Å². The SMILES string of the molecule is C=CCN(C(=O)C1N([C@H](C)CO)C(=O)[C@@H]2[C@H](C(=O)N(CC=C)c3ccc(OCC)cc3)[C@]3(C)CCC12S3)c1ccc(Cl)cc1. The van der Waals surface area contributed by atoms with Crippen LogP contribution in [0, 0.1) is 11.8 Å². The largest absolute Gasteiger partial charge is 0.494 e. The number of likely N-dealkylation sites (tertiary alicyclic amines) is 1. The number of hydrogen-bond donors (Lipinski definition) is 1. The van der Waals surface area contributed by atoms with E-state index in [4.69, 9.17) is 16.3 Å². The lowest BCUT2D eigenvalue weighted by Gasteiger charge is -2.39. The minimum atomic E-state index is -0.874. The van der Waals surface area contributed by atoms with Crippen molar-refractivity contribution in [1.82, 2.24) is 4.90 Å². The molecule has 2 aromatic carbocycles. The number of carbonyl (C=O) groups is 3. The summed E-state index contributed by atoms with van der Waals surface area (Å²) in [6, 6.07) is 12.8. The molecule has 44 heavy (non-hydrogen) atoms. The zero-order valence-corrected chi connectivity index (χ0v) is 27.0. The molecule has 3 saturated heterocycles. The average molecular weight is 638 g/mol. The van der Waals surface area contributed by atoms with Gasteiger partial charge in [0.05, 0.1) is 35.8 Å². The molecule has 2 bridgehead atoms. The molecular formula is C34H40ClN3O5S. The minimum absolute atomic E-state index is 0.172. The van der Waals surface area contributed by atoms with Gasteiger partial charge in [-0.15, -0.1) is 24.9 Å². The fourth-order valence-electron chi connectivity index (χ4n) is 7.31. The third kappa shape index (κ3) is 5.22. The van der Waals surface area contributed by atoms with Crippen LogP contribution in [-0.4, -0.2) is 75.6 Å². The smallest absolute Gasteiger partial charge is 0.251 e. The van der Waals surface area contributed by atoms with E-state index < -0.39 is 33.4 Å². The molecule has 10 heteroatoms. The second-order valence-electron chi connectivity index (χ2n) is 11.9. The van der Waals surface area contributed by atoms with Gasteiger partial charge >= 0.3 is 0 Å². The molecular weight excluding hydrogens is 598 g/mol. The first-order valence-electron chi connectivity index (χ1n) is 15.0. The summed E-state index contributed by atoms with van der Waals surface area (Å²) in [6.45, 7) is 14.2. The number of carbonyl (C=O) groups excluding carboxylic acids is 3. The van der Waals surface area contributed by atoms with Gasteiger partial charge in [0.1, 0.15) is 11.8 Å². The number of rotatable bonds is 12. The van der Waals surface area contributed by atoms with Gasteiger partial charge in [0.2, 0.25) is 11.8 Å². The van der Waals surface area contributed by atoms with Crippen LogP contribution in [0.3, 0.4) is 0 Å². The number of aliphatic hydroxyl groups is 1. The Labute approximate surface area is 268 Å². The number of thioether (sulfide) groups is 1. The molecule has 0 radical (unpaired) electrons. The maximum atomic E-state index is 14.7. The Morgan fingerprint density at radius 1 is 1.07 bits per heavy atom. The zero-order chi connectivity index (χ0) is 31.8. The third-order valence-electron chi connectivity index (χ3n) is 9.21. The number of halogens is 1. The molecule has 1 N–H and O–H groups in total. The van der Waals surface area contributed by atoms with Gasteiger partial charge in [0.15, 0.2) is 0 Å². The van der Waals surface area contributed by atoms with Crippen LogP contribution in [0.2, 0.25) is 5.02 Å². The maximum Gasteiger partial charge on any atom is 0.251 e. The maximum absolute atomic E-state index is 14.7. The molecule has 1 spiro atoms. The van der Waals surface area contributed by atoms with Crippen molar-refractivity contribution in [2.45, 2.75) is 55.2 Å². The van der Waals surface area contributed by atoms with Crippen molar-refractivity contribution < 1.29 is 24.2 Å². The number of fused-ring (bicyclic) bond motifs is 1. The number of benzene rings is 2. The van der Waals surface area contributed by atoms with Crippen LogP contribution in [0.1, 0.15) is 33.6 Å². The number of anilines is 2. The van der Waals surface area contributed by atoms with Gasteiger partial charge < -0.3 is 24.5 Å². The van der Waals surface area contributed by atoms with E-state index in [0.717, 1.165) is 0 Å². The van der Waals surface area contributed by atoms with E-state index in [0.29, 0.717) is 41.6 Å². The van der Waals surface area contributed by atoms with Crippen molar-refractivity contribution in [3.63, 3.8) is 0 Å². The molecule has 0 aliphatic carbocycles. The van der Waals surface area contributed by atoms with Crippen LogP contribution < -0.4 is 14.5 Å². The number of nitrogens with zero attached hydrogens (tertiary/aromatic N) is 3. The number of hydrogen-bond acceptors (Lipinski definition) is 6. The average Bonchev–Trinajstić information content (AvgIpc) is 3.59. The second-order valence-corrected chi connectivity index (χ2v) is 14.2. The van der Waals surface area contributed by atoms with Gasteiger partial charge in [-0.2, -0.15) is 0 Å². The first-order valence-corrected chi connectivity index (χ1v) is 16.2. The molecule has 6 atom stereocenters. The Hall–Kier alpha value is -3.27. The topological polar surface area (TPSA) is 90.4 Å². The normalized spacial score (nSPS) is 27.5. The molecule has 3 aliphatic heterocycles. The fraction of sp³-hybridized carbons (Fsp3) is 0.441. The van der Waals surface area contributed by atoms with Gasteiger partial charge in [-0.25, -0.2) is 0 Å². The van der Waals surface area contributed by atoms with Crippen molar-refractivity contribution in [3.8, 4) is 5.75 Å². The van der Waals surface area contributed by atoms with Crippen LogP contribution in [0.4, 0.5) is 11.4 Å². The predicted molar refractivity (Wildman–Crippen MR) is 176 cm³/mol. The molecule has 3 fully saturated rings. The molecule has 0 saturated carbocycles. The summed E-state index contributed by atoms with van der Waals surface area (Å²) in [6.07, 6.45) is 4.60. The molecule has 0 aromatic heterocycles. The van der Waals surface area contributed by atoms with Gasteiger partial charge in [-0.3, -0.25) is 14.4 Å². The minimum Gasteiger partial charge on any atom is -0.494 e. The van der Waals surface area contributed by atoms with E-state index in [9.17, 15) is 19.5 Å². The third-order valence-corrected chi connectivity index (χ3v) is 11.4. The first kappa shape index (κ1) is 32.1. The molecule has 3 amide bonds. The van der Waals surface area contributed by atoms with Crippen molar-refractivity contribution in [3.05, 3.63) is 78.9 Å². The van der Waals surface area contributed by atoms with Gasteiger partial charge in [-0.1, -0.05) is 23.8 Å². The molecule has 234 valence electrons. The molecule has 3 heterocycles. The van der Waals surface area contributed by atoms with Gasteiger partial charge in [0, 0.05) is 34.2 Å². The molecule has 2 unspecified atom stereocenters. The Kier molecular flexibility index (Phi) is 9.21. The van der Waals surface area contributed by atoms with Crippen LogP contribution in [-0.2, 0) is 14.4 Å². The van der Waals surface area contributed by atoms with Gasteiger partial charge in [0.25, 0.3) is 5.91 Å².